The molecule has 1 N–H and O–H groups in total. The van der Waals surface area contributed by atoms with Crippen LogP contribution in [0.1, 0.15) is 34.6 Å². The zero-order valence-corrected chi connectivity index (χ0v) is 16.5. The Balaban J connectivity index is 2.00. The summed E-state index contributed by atoms with van der Waals surface area (Å²) >= 11 is 0. The van der Waals surface area contributed by atoms with Crippen molar-refractivity contribution in [2.24, 2.45) is 0 Å². The molecule has 1 amide bonds. The molecule has 0 spiro atoms. The second-order valence-electron chi connectivity index (χ2n) is 6.56. The maximum absolute atomic E-state index is 14.4. The van der Waals surface area contributed by atoms with Crippen LogP contribution in [0.4, 0.5) is 22.0 Å². The lowest BCUT2D eigenvalue weighted by Crippen LogP contribution is -2.32. The number of carbonyl (C=O) groups is 1. The van der Waals surface area contributed by atoms with E-state index in [2.05, 4.69) is 15.0 Å². The molecule has 1 unspecified atom stereocenters. The summed E-state index contributed by atoms with van der Waals surface area (Å²) in [6, 6.07) is 5.92. The molecule has 0 bridgehead atoms. The van der Waals surface area contributed by atoms with E-state index >= 15 is 0 Å². The van der Waals surface area contributed by atoms with Crippen molar-refractivity contribution in [3.8, 4) is 5.75 Å². The van der Waals surface area contributed by atoms with Gasteiger partial charge < -0.3 is 14.6 Å². The number of halogens is 5. The first-order chi connectivity index (χ1) is 15.1. The first-order valence-electron chi connectivity index (χ1n) is 9.26. The molecule has 32 heavy (non-hydrogen) atoms. The molecule has 1 atom stereocenters. The molecule has 2 heterocycles. The summed E-state index contributed by atoms with van der Waals surface area (Å²) in [6.45, 7) is 1.99. The number of aryl methyl sites for hydroxylation is 1. The number of benzene rings is 1. The van der Waals surface area contributed by atoms with E-state index in [1.54, 1.807) is 6.92 Å². The van der Waals surface area contributed by atoms with E-state index in [4.69, 9.17) is 0 Å². The van der Waals surface area contributed by atoms with Gasteiger partial charge in [-0.05, 0) is 42.8 Å². The average Bonchev–Trinajstić information content (AvgIpc) is 2.73. The fourth-order valence-electron chi connectivity index (χ4n) is 2.95. The molecule has 0 saturated heterocycles. The Labute approximate surface area is 178 Å². The molecule has 1 aromatic carbocycles. The molecule has 11 heteroatoms. The number of nitrogens with zero attached hydrogens (tertiary/aromatic N) is 2. The molecule has 3 aromatic rings. The van der Waals surface area contributed by atoms with E-state index in [9.17, 15) is 31.5 Å². The summed E-state index contributed by atoms with van der Waals surface area (Å²) in [6.07, 6.45) is -2.57. The van der Waals surface area contributed by atoms with E-state index in [1.807, 2.05) is 0 Å². The third-order valence-corrected chi connectivity index (χ3v) is 4.44. The molecule has 0 radical (unpaired) electrons. The Morgan fingerprint density at radius 3 is 2.53 bits per heavy atom. The molecule has 0 aliphatic rings. The van der Waals surface area contributed by atoms with Crippen LogP contribution in [0.2, 0.25) is 0 Å². The highest BCUT2D eigenvalue weighted by Crippen LogP contribution is 2.30. The molecule has 0 aliphatic carbocycles. The fourth-order valence-corrected chi connectivity index (χ4v) is 2.95. The second kappa shape index (κ2) is 9.16. The maximum atomic E-state index is 14.4. The summed E-state index contributed by atoms with van der Waals surface area (Å²) in [5.74, 6) is -4.01. The minimum Gasteiger partial charge on any atom is -0.403 e. The smallest absolute Gasteiger partial charge is 0.403 e. The van der Waals surface area contributed by atoms with Gasteiger partial charge in [-0.25, -0.2) is 8.78 Å². The van der Waals surface area contributed by atoms with Gasteiger partial charge in [-0.3, -0.25) is 14.6 Å². The average molecular weight is 453 g/mol. The molecular formula is C21H16F5N3O3. The molecule has 168 valence electrons. The van der Waals surface area contributed by atoms with Crippen molar-refractivity contribution in [2.75, 3.05) is 0 Å². The van der Waals surface area contributed by atoms with Crippen molar-refractivity contribution < 1.29 is 31.5 Å². The van der Waals surface area contributed by atoms with Crippen molar-refractivity contribution in [1.82, 2.24) is 14.9 Å². The lowest BCUT2D eigenvalue weighted by Gasteiger charge is -2.20. The van der Waals surface area contributed by atoms with Crippen LogP contribution in [-0.4, -0.2) is 21.8 Å². The second-order valence-corrected chi connectivity index (χ2v) is 6.56. The largest absolute Gasteiger partial charge is 0.573 e. The number of alkyl halides is 3. The quantitative estimate of drug-likeness (QED) is 0.574. The lowest BCUT2D eigenvalue weighted by atomic mass is 10.0. The van der Waals surface area contributed by atoms with Crippen LogP contribution in [0.25, 0.3) is 0 Å². The summed E-state index contributed by atoms with van der Waals surface area (Å²) in [5, 5.41) is 2.49. The highest BCUT2D eigenvalue weighted by atomic mass is 19.4. The summed E-state index contributed by atoms with van der Waals surface area (Å²) in [4.78, 5) is 28.4. The molecule has 0 saturated carbocycles. The van der Waals surface area contributed by atoms with Crippen LogP contribution in [0.15, 0.2) is 59.7 Å². The monoisotopic (exact) mass is 453 g/mol. The van der Waals surface area contributed by atoms with Crippen LogP contribution in [0.5, 0.6) is 5.75 Å². The Bertz CT molecular complexity index is 1190. The normalized spacial score (nSPS) is 12.3. The molecule has 3 rings (SSSR count). The fraction of sp³-hybridized carbons (Fsp3) is 0.190. The van der Waals surface area contributed by atoms with Crippen LogP contribution >= 0.6 is 0 Å². The summed E-state index contributed by atoms with van der Waals surface area (Å²) < 4.78 is 70.8. The van der Waals surface area contributed by atoms with Gasteiger partial charge in [0.15, 0.2) is 11.6 Å². The Morgan fingerprint density at radius 2 is 1.91 bits per heavy atom. The third kappa shape index (κ3) is 5.29. The number of hydrogen-bond donors (Lipinski definition) is 1. The molecular weight excluding hydrogens is 437 g/mol. The Kier molecular flexibility index (Phi) is 6.56. The van der Waals surface area contributed by atoms with Crippen LogP contribution < -0.4 is 15.6 Å². The number of aromatic nitrogens is 2. The van der Waals surface area contributed by atoms with Gasteiger partial charge >= 0.3 is 6.36 Å². The van der Waals surface area contributed by atoms with E-state index in [-0.39, 0.29) is 22.4 Å². The van der Waals surface area contributed by atoms with E-state index in [1.165, 1.54) is 35.2 Å². The van der Waals surface area contributed by atoms with Crippen LogP contribution in [-0.2, 0) is 6.54 Å². The molecule has 2 aromatic heterocycles. The van der Waals surface area contributed by atoms with Gasteiger partial charge in [0, 0.05) is 25.0 Å². The van der Waals surface area contributed by atoms with E-state index < -0.39 is 35.7 Å². The standard InChI is InChI=1S/C21H16F5N3O3/c1-2-29-11-13(6-8-17(29)30)20(31)28-18(19-14(22)4-3-9-27-19)12-5-7-16(15(23)10-12)32-21(24,25)26/h3-11,18H,2H2,1H3,(H,28,31). The predicted octanol–water partition coefficient (Wildman–Crippen LogP) is 3.96. The van der Waals surface area contributed by atoms with Crippen molar-refractivity contribution in [1.29, 1.82) is 0 Å². The zero-order chi connectivity index (χ0) is 23.5. The highest BCUT2D eigenvalue weighted by Gasteiger charge is 2.33. The van der Waals surface area contributed by atoms with Crippen LogP contribution in [0.3, 0.4) is 0 Å². The number of amides is 1. The number of nitrogens with one attached hydrogen (secondary N) is 1. The summed E-state index contributed by atoms with van der Waals surface area (Å²) in [5.41, 5.74) is -0.635. The van der Waals surface area contributed by atoms with Gasteiger partial charge in [0.05, 0.1) is 11.6 Å². The minimum atomic E-state index is -5.11. The SMILES string of the molecule is CCn1cc(C(=O)NC(c2ccc(OC(F)(F)F)c(F)c2)c2ncccc2F)ccc1=O. The number of pyridine rings is 2. The molecule has 0 aliphatic heterocycles. The maximum Gasteiger partial charge on any atom is 0.573 e. The Morgan fingerprint density at radius 1 is 1.16 bits per heavy atom. The zero-order valence-electron chi connectivity index (χ0n) is 16.5. The predicted molar refractivity (Wildman–Crippen MR) is 103 cm³/mol. The van der Waals surface area contributed by atoms with Crippen molar-refractivity contribution in [2.45, 2.75) is 25.9 Å². The topological polar surface area (TPSA) is 73.2 Å². The van der Waals surface area contributed by atoms with Crippen molar-refractivity contribution in [3.63, 3.8) is 0 Å². The molecule has 6 nitrogen and oxygen atoms in total. The first-order valence-corrected chi connectivity index (χ1v) is 9.26. The van der Waals surface area contributed by atoms with Gasteiger partial charge in [0.1, 0.15) is 11.5 Å². The molecule has 0 fully saturated rings. The van der Waals surface area contributed by atoms with Gasteiger partial charge in [-0.15, -0.1) is 13.2 Å². The number of ether oxygens (including phenoxy) is 1. The lowest BCUT2D eigenvalue weighted by molar-refractivity contribution is -0.275. The van der Waals surface area contributed by atoms with E-state index in [0.29, 0.717) is 12.6 Å². The van der Waals surface area contributed by atoms with Crippen molar-refractivity contribution >= 4 is 5.91 Å². The first kappa shape index (κ1) is 22.9. The number of rotatable bonds is 6. The van der Waals surface area contributed by atoms with Gasteiger partial charge in [0.25, 0.3) is 11.5 Å². The Hall–Kier alpha value is -3.76. The van der Waals surface area contributed by atoms with Gasteiger partial charge in [-0.1, -0.05) is 6.07 Å². The minimum absolute atomic E-state index is 0.0605. The highest BCUT2D eigenvalue weighted by molar-refractivity contribution is 5.94. The van der Waals surface area contributed by atoms with E-state index in [0.717, 1.165) is 18.2 Å². The number of hydrogen-bond acceptors (Lipinski definition) is 4. The number of carbonyl (C=O) groups excluding carboxylic acids is 1. The van der Waals surface area contributed by atoms with Gasteiger partial charge in [-0.2, -0.15) is 0 Å². The third-order valence-electron chi connectivity index (χ3n) is 4.44. The van der Waals surface area contributed by atoms with Gasteiger partial charge in [0.2, 0.25) is 0 Å². The van der Waals surface area contributed by atoms with Crippen molar-refractivity contribution in [3.05, 3.63) is 93.7 Å². The summed E-state index contributed by atoms with van der Waals surface area (Å²) in [7, 11) is 0. The van der Waals surface area contributed by atoms with Crippen LogP contribution in [0, 0.1) is 11.6 Å².